The largest absolute Gasteiger partial charge is 0.383 e. The van der Waals surface area contributed by atoms with Gasteiger partial charge >= 0.3 is 0 Å². The van der Waals surface area contributed by atoms with Gasteiger partial charge in [0.15, 0.2) is 5.82 Å². The molecule has 35 heavy (non-hydrogen) atoms. The summed E-state index contributed by atoms with van der Waals surface area (Å²) in [5.41, 5.74) is 5.09. The molecule has 1 aliphatic rings. The van der Waals surface area contributed by atoms with Crippen LogP contribution < -0.4 is 5.32 Å². The highest BCUT2D eigenvalue weighted by Crippen LogP contribution is 2.27. The molecule has 1 aromatic carbocycles. The Kier molecular flexibility index (Phi) is 9.79. The predicted molar refractivity (Wildman–Crippen MR) is 151 cm³/mol. The van der Waals surface area contributed by atoms with Gasteiger partial charge in [0.1, 0.15) is 5.82 Å². The van der Waals surface area contributed by atoms with Crippen LogP contribution in [0.15, 0.2) is 60.4 Å². The molecule has 6 nitrogen and oxygen atoms in total. The summed E-state index contributed by atoms with van der Waals surface area (Å²) in [7, 11) is 8.05. The second kappa shape index (κ2) is 13.0. The van der Waals surface area contributed by atoms with Gasteiger partial charge in [0.25, 0.3) is 0 Å². The zero-order chi connectivity index (χ0) is 25.2. The highest BCUT2D eigenvalue weighted by molar-refractivity contribution is 6.11. The first-order valence-corrected chi connectivity index (χ1v) is 12.5. The fraction of sp³-hybridized carbons (Fsp3) is 0.414. The molecule has 6 heteroatoms. The van der Waals surface area contributed by atoms with Gasteiger partial charge in [-0.2, -0.15) is 0 Å². The van der Waals surface area contributed by atoms with Gasteiger partial charge in [0.2, 0.25) is 0 Å². The minimum Gasteiger partial charge on any atom is -0.383 e. The predicted octanol–water partition coefficient (Wildman–Crippen LogP) is 5.62. The fourth-order valence-corrected chi connectivity index (χ4v) is 4.53. The van der Waals surface area contributed by atoms with Gasteiger partial charge in [0, 0.05) is 69.0 Å². The first kappa shape index (κ1) is 26.4. The van der Waals surface area contributed by atoms with Crippen LogP contribution in [0, 0.1) is 0 Å². The molecule has 1 unspecified atom stereocenters. The number of benzene rings is 1. The van der Waals surface area contributed by atoms with Crippen molar-refractivity contribution in [3.63, 3.8) is 0 Å². The number of anilines is 1. The first-order valence-electron chi connectivity index (χ1n) is 12.5. The lowest BCUT2D eigenvalue weighted by atomic mass is 10.00. The van der Waals surface area contributed by atoms with E-state index in [9.17, 15) is 0 Å². The number of rotatable bonds is 10. The number of aromatic nitrogens is 2. The van der Waals surface area contributed by atoms with Gasteiger partial charge in [-0.05, 0) is 57.0 Å². The van der Waals surface area contributed by atoms with Crippen LogP contribution in [0.5, 0.6) is 0 Å². The molecule has 0 saturated carbocycles. The number of nitrogens with one attached hydrogen (secondary N) is 1. The maximum atomic E-state index is 4.99. The van der Waals surface area contributed by atoms with Crippen LogP contribution in [0.1, 0.15) is 43.7 Å². The number of piperidine rings is 1. The number of hydrogen-bond acceptors (Lipinski definition) is 6. The normalized spacial score (nSPS) is 17.6. The number of nitrogens with zero attached hydrogens (tertiary/aromatic N) is 5. The molecular weight excluding hydrogens is 432 g/mol. The van der Waals surface area contributed by atoms with Gasteiger partial charge in [0.05, 0.1) is 0 Å². The van der Waals surface area contributed by atoms with Crippen LogP contribution in [0.3, 0.4) is 0 Å². The van der Waals surface area contributed by atoms with E-state index in [1.807, 2.05) is 50.5 Å². The molecule has 1 N–H and O–H groups in total. The molecule has 1 aliphatic heterocycles. The van der Waals surface area contributed by atoms with Crippen molar-refractivity contribution in [3.8, 4) is 11.4 Å². The Bertz CT molecular complexity index is 1080. The van der Waals surface area contributed by atoms with E-state index in [-0.39, 0.29) is 0 Å². The number of likely N-dealkylation sites (tertiary alicyclic amines) is 1. The van der Waals surface area contributed by atoms with E-state index in [1.165, 1.54) is 25.8 Å². The van der Waals surface area contributed by atoms with Crippen LogP contribution in [-0.4, -0.2) is 73.3 Å². The molecule has 1 aromatic heterocycles. The van der Waals surface area contributed by atoms with E-state index >= 15 is 0 Å². The molecule has 2 aromatic rings. The van der Waals surface area contributed by atoms with Crippen molar-refractivity contribution in [3.05, 3.63) is 66.5 Å². The van der Waals surface area contributed by atoms with Crippen molar-refractivity contribution < 1.29 is 0 Å². The van der Waals surface area contributed by atoms with E-state index in [1.54, 1.807) is 7.05 Å². The molecule has 0 radical (unpaired) electrons. The number of hydrogen-bond donors (Lipinski definition) is 1. The van der Waals surface area contributed by atoms with Gasteiger partial charge in [-0.3, -0.25) is 4.99 Å². The van der Waals surface area contributed by atoms with Crippen LogP contribution in [0.2, 0.25) is 0 Å². The third-order valence-electron chi connectivity index (χ3n) is 6.44. The van der Waals surface area contributed by atoms with Crippen LogP contribution in [0.25, 0.3) is 22.5 Å². The highest BCUT2D eigenvalue weighted by atomic mass is 15.1. The monoisotopic (exact) mass is 472 g/mol. The Morgan fingerprint density at radius 3 is 2.80 bits per heavy atom. The Hall–Kier alpha value is -3.25. The van der Waals surface area contributed by atoms with Crippen molar-refractivity contribution in [2.45, 2.75) is 38.6 Å². The second-order valence-electron chi connectivity index (χ2n) is 9.27. The molecular formula is C29H40N6. The standard InChI is InChI=1S/C29H40N6/c1-7-22(19-30-3)27-20-32-28(25-13-11-12-24(18-25)23(8-2)21-34(4)5)33-29(27)31-16-15-26-14-9-10-17-35(26)6/h7-8,11-13,18-21,26H,2,9-10,14-17H2,1,3-6H3,(H,31,32,33)/b22-7+,23-21+,30-19-. The van der Waals surface area contributed by atoms with Gasteiger partial charge in [-0.25, -0.2) is 9.97 Å². The van der Waals surface area contributed by atoms with E-state index < -0.39 is 0 Å². The molecule has 0 aliphatic carbocycles. The molecule has 0 amide bonds. The van der Waals surface area contributed by atoms with E-state index in [0.29, 0.717) is 11.9 Å². The Balaban J connectivity index is 1.92. The van der Waals surface area contributed by atoms with E-state index in [0.717, 1.165) is 46.6 Å². The first-order chi connectivity index (χ1) is 17.0. The topological polar surface area (TPSA) is 56.7 Å². The average molecular weight is 473 g/mol. The van der Waals surface area contributed by atoms with Crippen molar-refractivity contribution >= 4 is 23.2 Å². The average Bonchev–Trinajstić information content (AvgIpc) is 2.87. The molecule has 0 spiro atoms. The third kappa shape index (κ3) is 7.12. The SMILES string of the molecule is C=C/C(=C\N(C)C)c1cccc(-c2ncc(C(/C=N\C)=C/C)c(NCCC3CCCCN3C)n2)c1. The highest BCUT2D eigenvalue weighted by Gasteiger charge is 2.19. The summed E-state index contributed by atoms with van der Waals surface area (Å²) in [5.74, 6) is 1.55. The lowest BCUT2D eigenvalue weighted by molar-refractivity contribution is 0.179. The summed E-state index contributed by atoms with van der Waals surface area (Å²) >= 11 is 0. The van der Waals surface area contributed by atoms with Crippen molar-refractivity contribution in [2.24, 2.45) is 4.99 Å². The van der Waals surface area contributed by atoms with Gasteiger partial charge in [-0.15, -0.1) is 0 Å². The molecule has 1 saturated heterocycles. The molecule has 3 rings (SSSR count). The fourth-order valence-electron chi connectivity index (χ4n) is 4.53. The maximum absolute atomic E-state index is 4.99. The Morgan fingerprint density at radius 1 is 1.29 bits per heavy atom. The van der Waals surface area contributed by atoms with Gasteiger partial charge < -0.3 is 15.1 Å². The third-order valence-corrected chi connectivity index (χ3v) is 6.44. The van der Waals surface area contributed by atoms with Crippen LogP contribution in [0.4, 0.5) is 5.82 Å². The van der Waals surface area contributed by atoms with Gasteiger partial charge in [-0.1, -0.05) is 43.4 Å². The Labute approximate surface area is 211 Å². The minimum absolute atomic E-state index is 0.622. The summed E-state index contributed by atoms with van der Waals surface area (Å²) in [5, 5.41) is 3.62. The second-order valence-corrected chi connectivity index (χ2v) is 9.27. The van der Waals surface area contributed by atoms with E-state index in [4.69, 9.17) is 9.97 Å². The van der Waals surface area contributed by atoms with Crippen molar-refractivity contribution in [1.29, 1.82) is 0 Å². The Morgan fingerprint density at radius 2 is 2.11 bits per heavy atom. The number of allylic oxidation sites excluding steroid dienone is 4. The summed E-state index contributed by atoms with van der Waals surface area (Å²) in [6.07, 6.45) is 14.7. The van der Waals surface area contributed by atoms with Crippen molar-refractivity contribution in [2.75, 3.05) is 46.6 Å². The quantitative estimate of drug-likeness (QED) is 0.359. The summed E-state index contributed by atoms with van der Waals surface area (Å²) in [6.45, 7) is 8.06. The molecule has 0 bridgehead atoms. The molecule has 1 fully saturated rings. The molecule has 1 atom stereocenters. The summed E-state index contributed by atoms with van der Waals surface area (Å²) < 4.78 is 0. The van der Waals surface area contributed by atoms with Crippen LogP contribution in [-0.2, 0) is 0 Å². The lowest BCUT2D eigenvalue weighted by Gasteiger charge is -2.32. The maximum Gasteiger partial charge on any atom is 0.161 e. The lowest BCUT2D eigenvalue weighted by Crippen LogP contribution is -2.37. The molecule has 2 heterocycles. The van der Waals surface area contributed by atoms with Crippen LogP contribution >= 0.6 is 0 Å². The van der Waals surface area contributed by atoms with E-state index in [2.05, 4.69) is 59.3 Å². The number of aliphatic imine (C=N–C) groups is 1. The smallest absolute Gasteiger partial charge is 0.161 e. The van der Waals surface area contributed by atoms with Crippen molar-refractivity contribution in [1.82, 2.24) is 19.8 Å². The minimum atomic E-state index is 0.622. The zero-order valence-corrected chi connectivity index (χ0v) is 22.0. The molecule has 186 valence electrons. The zero-order valence-electron chi connectivity index (χ0n) is 22.0. The summed E-state index contributed by atoms with van der Waals surface area (Å²) in [4.78, 5) is 18.5. The summed E-state index contributed by atoms with van der Waals surface area (Å²) in [6, 6.07) is 8.93.